The van der Waals surface area contributed by atoms with Gasteiger partial charge in [0.1, 0.15) is 12.4 Å². The molecule has 0 atom stereocenters. The Bertz CT molecular complexity index is 535. The predicted octanol–water partition coefficient (Wildman–Crippen LogP) is 2.85. The van der Waals surface area contributed by atoms with Crippen molar-refractivity contribution in [3.8, 4) is 5.75 Å². The number of hydrogen-bond acceptors (Lipinski definition) is 3. The third-order valence-electron chi connectivity index (χ3n) is 2.83. The molecule has 1 aromatic heterocycles. The summed E-state index contributed by atoms with van der Waals surface area (Å²) in [6.07, 6.45) is 4.46. The van der Waals surface area contributed by atoms with E-state index in [2.05, 4.69) is 11.6 Å². The van der Waals surface area contributed by atoms with Crippen LogP contribution in [0.15, 0.2) is 55.3 Å². The number of para-hydroxylation sites is 1. The first-order valence-corrected chi connectivity index (χ1v) is 6.29. The zero-order chi connectivity index (χ0) is 13.5. The molecule has 0 aliphatic carbocycles. The summed E-state index contributed by atoms with van der Waals surface area (Å²) in [5.41, 5.74) is 8.59. The largest absolute Gasteiger partial charge is 0.487 e. The van der Waals surface area contributed by atoms with Crippen molar-refractivity contribution in [2.24, 2.45) is 5.73 Å². The molecule has 0 radical (unpaired) electrons. The average Bonchev–Trinajstić information content (AvgIpc) is 2.47. The smallest absolute Gasteiger partial charge is 0.130 e. The Kier molecular flexibility index (Phi) is 4.70. The van der Waals surface area contributed by atoms with E-state index in [-0.39, 0.29) is 0 Å². The molecular formula is C16H18N2O. The van der Waals surface area contributed by atoms with Gasteiger partial charge in [-0.3, -0.25) is 4.98 Å². The number of hydrogen-bond donors (Lipinski definition) is 1. The van der Waals surface area contributed by atoms with Crippen molar-refractivity contribution < 1.29 is 4.74 Å². The molecule has 0 fully saturated rings. The van der Waals surface area contributed by atoms with E-state index in [1.54, 1.807) is 6.20 Å². The molecule has 0 bridgehead atoms. The molecule has 2 N–H and O–H groups in total. The molecule has 3 heteroatoms. The number of allylic oxidation sites excluding steroid dienone is 1. The fourth-order valence-electron chi connectivity index (χ4n) is 1.78. The predicted molar refractivity (Wildman–Crippen MR) is 76.8 cm³/mol. The van der Waals surface area contributed by atoms with Crippen LogP contribution >= 0.6 is 0 Å². The second-order valence-electron chi connectivity index (χ2n) is 4.25. The van der Waals surface area contributed by atoms with Crippen molar-refractivity contribution in [2.45, 2.75) is 19.6 Å². The van der Waals surface area contributed by atoms with Gasteiger partial charge in [0.2, 0.25) is 0 Å². The molecule has 0 unspecified atom stereocenters. The number of benzene rings is 1. The number of pyridine rings is 1. The second kappa shape index (κ2) is 6.71. The van der Waals surface area contributed by atoms with E-state index in [4.69, 9.17) is 10.5 Å². The third kappa shape index (κ3) is 3.66. The molecule has 0 aliphatic heterocycles. The van der Waals surface area contributed by atoms with E-state index in [1.807, 2.05) is 42.5 Å². The van der Waals surface area contributed by atoms with Gasteiger partial charge < -0.3 is 10.5 Å². The fourth-order valence-corrected chi connectivity index (χ4v) is 1.78. The lowest BCUT2D eigenvalue weighted by atomic mass is 10.1. The van der Waals surface area contributed by atoms with Crippen LogP contribution in [-0.2, 0) is 19.6 Å². The van der Waals surface area contributed by atoms with Crippen LogP contribution in [0, 0.1) is 0 Å². The van der Waals surface area contributed by atoms with Gasteiger partial charge in [-0.05, 0) is 29.7 Å². The lowest BCUT2D eigenvalue weighted by Crippen LogP contribution is -2.02. The van der Waals surface area contributed by atoms with Gasteiger partial charge in [-0.1, -0.05) is 30.3 Å². The summed E-state index contributed by atoms with van der Waals surface area (Å²) >= 11 is 0. The molecule has 98 valence electrons. The highest BCUT2D eigenvalue weighted by atomic mass is 16.5. The number of nitrogens with zero attached hydrogens (tertiary/aromatic N) is 1. The Morgan fingerprint density at radius 3 is 2.74 bits per heavy atom. The zero-order valence-electron chi connectivity index (χ0n) is 10.9. The average molecular weight is 254 g/mol. The highest BCUT2D eigenvalue weighted by Crippen LogP contribution is 2.19. The molecule has 0 saturated heterocycles. The van der Waals surface area contributed by atoms with E-state index in [1.165, 1.54) is 0 Å². The van der Waals surface area contributed by atoms with E-state index < -0.39 is 0 Å². The summed E-state index contributed by atoms with van der Waals surface area (Å²) in [4.78, 5) is 4.32. The first-order chi connectivity index (χ1) is 9.33. The SMILES string of the molecule is C=CCc1ccccc1OCc1ccc(CN)cn1. The van der Waals surface area contributed by atoms with Crippen molar-refractivity contribution in [2.75, 3.05) is 0 Å². The van der Waals surface area contributed by atoms with Gasteiger partial charge in [-0.15, -0.1) is 6.58 Å². The first-order valence-electron chi connectivity index (χ1n) is 6.29. The van der Waals surface area contributed by atoms with Crippen LogP contribution in [0.3, 0.4) is 0 Å². The number of ether oxygens (including phenoxy) is 1. The normalized spacial score (nSPS) is 10.2. The number of nitrogens with two attached hydrogens (primary N) is 1. The molecule has 0 spiro atoms. The van der Waals surface area contributed by atoms with Crippen LogP contribution < -0.4 is 10.5 Å². The van der Waals surface area contributed by atoms with Gasteiger partial charge >= 0.3 is 0 Å². The maximum Gasteiger partial charge on any atom is 0.130 e. The maximum atomic E-state index is 5.81. The van der Waals surface area contributed by atoms with Crippen LogP contribution in [-0.4, -0.2) is 4.98 Å². The van der Waals surface area contributed by atoms with Crippen molar-refractivity contribution in [1.82, 2.24) is 4.98 Å². The van der Waals surface area contributed by atoms with Crippen molar-refractivity contribution in [1.29, 1.82) is 0 Å². The molecule has 1 heterocycles. The van der Waals surface area contributed by atoms with E-state index in [0.29, 0.717) is 13.2 Å². The highest BCUT2D eigenvalue weighted by Gasteiger charge is 2.02. The summed E-state index contributed by atoms with van der Waals surface area (Å²) in [5, 5.41) is 0. The summed E-state index contributed by atoms with van der Waals surface area (Å²) in [6.45, 7) is 4.72. The summed E-state index contributed by atoms with van der Waals surface area (Å²) < 4.78 is 5.81. The van der Waals surface area contributed by atoms with Gasteiger partial charge in [0.05, 0.1) is 5.69 Å². The van der Waals surface area contributed by atoms with Gasteiger partial charge in [0.15, 0.2) is 0 Å². The van der Waals surface area contributed by atoms with Crippen molar-refractivity contribution in [3.63, 3.8) is 0 Å². The minimum Gasteiger partial charge on any atom is -0.487 e. The van der Waals surface area contributed by atoms with Crippen molar-refractivity contribution in [3.05, 3.63) is 72.1 Å². The molecule has 1 aromatic carbocycles. The summed E-state index contributed by atoms with van der Waals surface area (Å²) in [6, 6.07) is 11.9. The minimum absolute atomic E-state index is 0.457. The van der Waals surface area contributed by atoms with Crippen LogP contribution in [0.5, 0.6) is 5.75 Å². The monoisotopic (exact) mass is 254 g/mol. The topological polar surface area (TPSA) is 48.1 Å². The van der Waals surface area contributed by atoms with E-state index in [0.717, 1.165) is 29.0 Å². The first kappa shape index (κ1) is 13.3. The van der Waals surface area contributed by atoms with Crippen LogP contribution in [0.1, 0.15) is 16.8 Å². The molecule has 2 rings (SSSR count). The van der Waals surface area contributed by atoms with E-state index >= 15 is 0 Å². The third-order valence-corrected chi connectivity index (χ3v) is 2.83. The van der Waals surface area contributed by atoms with Crippen LogP contribution in [0.2, 0.25) is 0 Å². The Balaban J connectivity index is 2.03. The highest BCUT2D eigenvalue weighted by molar-refractivity contribution is 5.34. The molecule has 3 nitrogen and oxygen atoms in total. The molecule has 19 heavy (non-hydrogen) atoms. The second-order valence-corrected chi connectivity index (χ2v) is 4.25. The summed E-state index contributed by atoms with van der Waals surface area (Å²) in [7, 11) is 0. The lowest BCUT2D eigenvalue weighted by Gasteiger charge is -2.10. The van der Waals surface area contributed by atoms with Gasteiger partial charge in [-0.2, -0.15) is 0 Å². The van der Waals surface area contributed by atoms with Gasteiger partial charge in [0, 0.05) is 12.7 Å². The zero-order valence-corrected chi connectivity index (χ0v) is 10.9. The molecule has 2 aromatic rings. The lowest BCUT2D eigenvalue weighted by molar-refractivity contribution is 0.298. The Hall–Kier alpha value is -2.13. The van der Waals surface area contributed by atoms with E-state index in [9.17, 15) is 0 Å². The Morgan fingerprint density at radius 2 is 2.05 bits per heavy atom. The van der Waals surface area contributed by atoms with Gasteiger partial charge in [-0.25, -0.2) is 0 Å². The summed E-state index contributed by atoms with van der Waals surface area (Å²) in [5.74, 6) is 0.882. The standard InChI is InChI=1S/C16H18N2O/c1-2-5-14-6-3-4-7-16(14)19-12-15-9-8-13(10-17)11-18-15/h2-4,6-9,11H,1,5,10,12,17H2. The maximum absolute atomic E-state index is 5.81. The molecule has 0 saturated carbocycles. The number of aromatic nitrogens is 1. The van der Waals surface area contributed by atoms with Crippen LogP contribution in [0.25, 0.3) is 0 Å². The fraction of sp³-hybridized carbons (Fsp3) is 0.188. The number of rotatable bonds is 6. The Labute approximate surface area is 113 Å². The minimum atomic E-state index is 0.457. The Morgan fingerprint density at radius 1 is 1.21 bits per heavy atom. The van der Waals surface area contributed by atoms with Crippen molar-refractivity contribution >= 4 is 0 Å². The quantitative estimate of drug-likeness (QED) is 0.806. The molecule has 0 aliphatic rings. The van der Waals surface area contributed by atoms with Crippen LogP contribution in [0.4, 0.5) is 0 Å². The molecule has 0 amide bonds. The molecular weight excluding hydrogens is 236 g/mol. The van der Waals surface area contributed by atoms with Gasteiger partial charge in [0.25, 0.3) is 0 Å².